The van der Waals surface area contributed by atoms with E-state index in [4.69, 9.17) is 4.98 Å². The zero-order valence-electron chi connectivity index (χ0n) is 15.3. The first-order chi connectivity index (χ1) is 11.6. The SMILES string of the molecule is C=CCn1c(C(C)c2ccc(CC(C)C)cc2)nc2ccccc21.Cl. The van der Waals surface area contributed by atoms with Crippen LogP contribution in [0.15, 0.2) is 61.2 Å². The van der Waals surface area contributed by atoms with E-state index in [9.17, 15) is 0 Å². The molecule has 132 valence electrons. The molecule has 0 saturated carbocycles. The molecule has 0 N–H and O–H groups in total. The molecule has 0 aliphatic rings. The first kappa shape index (κ1) is 19.3. The Hall–Kier alpha value is -2.06. The van der Waals surface area contributed by atoms with Gasteiger partial charge in [0.15, 0.2) is 0 Å². The molecule has 25 heavy (non-hydrogen) atoms. The Kier molecular flexibility index (Phi) is 6.44. The van der Waals surface area contributed by atoms with Crippen molar-refractivity contribution in [2.24, 2.45) is 5.92 Å². The number of aromatic nitrogens is 2. The first-order valence-corrected chi connectivity index (χ1v) is 8.75. The van der Waals surface area contributed by atoms with Gasteiger partial charge in [0, 0.05) is 12.5 Å². The summed E-state index contributed by atoms with van der Waals surface area (Å²) in [6, 6.07) is 17.3. The number of hydrogen-bond acceptors (Lipinski definition) is 1. The molecule has 0 radical (unpaired) electrons. The second-order valence-corrected chi connectivity index (χ2v) is 6.92. The van der Waals surface area contributed by atoms with Crippen molar-refractivity contribution >= 4 is 23.4 Å². The minimum absolute atomic E-state index is 0. The highest BCUT2D eigenvalue weighted by atomic mass is 35.5. The maximum atomic E-state index is 4.89. The van der Waals surface area contributed by atoms with E-state index in [1.165, 1.54) is 16.6 Å². The number of para-hydroxylation sites is 2. The molecule has 2 nitrogen and oxygen atoms in total. The number of imidazole rings is 1. The van der Waals surface area contributed by atoms with Gasteiger partial charge < -0.3 is 4.57 Å². The van der Waals surface area contributed by atoms with Gasteiger partial charge in [0.2, 0.25) is 0 Å². The Morgan fingerprint density at radius 1 is 1.04 bits per heavy atom. The Morgan fingerprint density at radius 3 is 2.36 bits per heavy atom. The number of allylic oxidation sites excluding steroid dienone is 1. The lowest BCUT2D eigenvalue weighted by Gasteiger charge is -2.15. The summed E-state index contributed by atoms with van der Waals surface area (Å²) in [5.41, 5.74) is 4.94. The van der Waals surface area contributed by atoms with E-state index in [1.54, 1.807) is 0 Å². The van der Waals surface area contributed by atoms with Gasteiger partial charge in [-0.05, 0) is 35.6 Å². The van der Waals surface area contributed by atoms with Crippen molar-refractivity contribution in [2.45, 2.75) is 39.7 Å². The molecule has 0 fully saturated rings. The van der Waals surface area contributed by atoms with Gasteiger partial charge in [-0.1, -0.05) is 63.2 Å². The van der Waals surface area contributed by atoms with Gasteiger partial charge in [-0.25, -0.2) is 4.98 Å². The molecule has 1 unspecified atom stereocenters. The summed E-state index contributed by atoms with van der Waals surface area (Å²) in [5.74, 6) is 2.04. The third kappa shape index (κ3) is 4.13. The summed E-state index contributed by atoms with van der Waals surface area (Å²) in [6.45, 7) is 11.4. The molecule has 3 rings (SSSR count). The molecule has 0 amide bonds. The monoisotopic (exact) mass is 354 g/mol. The van der Waals surface area contributed by atoms with Crippen LogP contribution in [-0.4, -0.2) is 9.55 Å². The predicted molar refractivity (Wildman–Crippen MR) is 110 cm³/mol. The van der Waals surface area contributed by atoms with Crippen molar-refractivity contribution in [1.82, 2.24) is 9.55 Å². The van der Waals surface area contributed by atoms with Crippen LogP contribution in [0.2, 0.25) is 0 Å². The molecule has 1 atom stereocenters. The first-order valence-electron chi connectivity index (χ1n) is 8.75. The van der Waals surface area contributed by atoms with E-state index in [1.807, 2.05) is 12.1 Å². The van der Waals surface area contributed by atoms with Gasteiger partial charge in [-0.3, -0.25) is 0 Å². The fourth-order valence-electron chi connectivity index (χ4n) is 3.31. The van der Waals surface area contributed by atoms with Gasteiger partial charge >= 0.3 is 0 Å². The van der Waals surface area contributed by atoms with E-state index in [-0.39, 0.29) is 18.3 Å². The van der Waals surface area contributed by atoms with Crippen molar-refractivity contribution in [2.75, 3.05) is 0 Å². The van der Waals surface area contributed by atoms with Crippen LogP contribution in [0.4, 0.5) is 0 Å². The zero-order chi connectivity index (χ0) is 17.1. The van der Waals surface area contributed by atoms with Crippen molar-refractivity contribution in [3.05, 3.63) is 78.1 Å². The molecule has 0 aliphatic heterocycles. The maximum absolute atomic E-state index is 4.89. The van der Waals surface area contributed by atoms with E-state index in [0.29, 0.717) is 5.92 Å². The highest BCUT2D eigenvalue weighted by molar-refractivity contribution is 5.85. The number of nitrogens with zero attached hydrogens (tertiary/aromatic N) is 2. The van der Waals surface area contributed by atoms with Crippen LogP contribution in [-0.2, 0) is 13.0 Å². The zero-order valence-corrected chi connectivity index (χ0v) is 16.1. The molecular formula is C22H27ClN2. The Bertz CT molecular complexity index is 831. The summed E-state index contributed by atoms with van der Waals surface area (Å²) in [7, 11) is 0. The van der Waals surface area contributed by atoms with Crippen molar-refractivity contribution < 1.29 is 0 Å². The fraction of sp³-hybridized carbons (Fsp3) is 0.318. The van der Waals surface area contributed by atoms with E-state index >= 15 is 0 Å². The van der Waals surface area contributed by atoms with Gasteiger partial charge in [-0.15, -0.1) is 19.0 Å². The molecule has 0 spiro atoms. The van der Waals surface area contributed by atoms with Crippen LogP contribution in [0.25, 0.3) is 11.0 Å². The summed E-state index contributed by atoms with van der Waals surface area (Å²) in [6.07, 6.45) is 3.07. The van der Waals surface area contributed by atoms with Gasteiger partial charge in [0.25, 0.3) is 0 Å². The van der Waals surface area contributed by atoms with E-state index in [2.05, 4.69) is 74.4 Å². The molecule has 3 aromatic rings. The van der Waals surface area contributed by atoms with Crippen molar-refractivity contribution in [1.29, 1.82) is 0 Å². The minimum Gasteiger partial charge on any atom is -0.324 e. The van der Waals surface area contributed by atoms with Gasteiger partial charge in [0.1, 0.15) is 5.82 Å². The highest BCUT2D eigenvalue weighted by Crippen LogP contribution is 2.28. The van der Waals surface area contributed by atoms with Crippen LogP contribution in [0.5, 0.6) is 0 Å². The van der Waals surface area contributed by atoms with Crippen LogP contribution < -0.4 is 0 Å². The number of fused-ring (bicyclic) bond motifs is 1. The maximum Gasteiger partial charge on any atom is 0.117 e. The lowest BCUT2D eigenvalue weighted by atomic mass is 9.96. The van der Waals surface area contributed by atoms with Gasteiger partial charge in [-0.2, -0.15) is 0 Å². The predicted octanol–water partition coefficient (Wildman–Crippen LogP) is 5.99. The quantitative estimate of drug-likeness (QED) is 0.497. The largest absolute Gasteiger partial charge is 0.324 e. The third-order valence-electron chi connectivity index (χ3n) is 4.51. The van der Waals surface area contributed by atoms with E-state index in [0.717, 1.165) is 24.3 Å². The number of hydrogen-bond donors (Lipinski definition) is 0. The molecule has 2 aromatic carbocycles. The second-order valence-electron chi connectivity index (χ2n) is 6.92. The van der Waals surface area contributed by atoms with Crippen molar-refractivity contribution in [3.63, 3.8) is 0 Å². The lowest BCUT2D eigenvalue weighted by Crippen LogP contribution is -2.07. The Balaban J connectivity index is 0.00000225. The third-order valence-corrected chi connectivity index (χ3v) is 4.51. The standard InChI is InChI=1S/C22H26N2.ClH/c1-5-14-24-21-9-7-6-8-20(21)23-22(24)17(4)19-12-10-18(11-13-19)15-16(2)3;/h5-13,16-17H,1,14-15H2,2-4H3;1H. The van der Waals surface area contributed by atoms with Gasteiger partial charge in [0.05, 0.1) is 11.0 Å². The van der Waals surface area contributed by atoms with E-state index < -0.39 is 0 Å². The highest BCUT2D eigenvalue weighted by Gasteiger charge is 2.17. The molecule has 0 aliphatic carbocycles. The van der Waals surface area contributed by atoms with Crippen LogP contribution in [0, 0.1) is 5.92 Å². The summed E-state index contributed by atoms with van der Waals surface area (Å²) >= 11 is 0. The Labute approximate surface area is 157 Å². The number of rotatable bonds is 6. The summed E-state index contributed by atoms with van der Waals surface area (Å²) in [4.78, 5) is 4.89. The Morgan fingerprint density at radius 2 is 1.72 bits per heavy atom. The molecule has 3 heteroatoms. The topological polar surface area (TPSA) is 17.8 Å². The molecular weight excluding hydrogens is 328 g/mol. The average Bonchev–Trinajstić information content (AvgIpc) is 2.94. The number of benzene rings is 2. The smallest absolute Gasteiger partial charge is 0.117 e. The average molecular weight is 355 g/mol. The fourth-order valence-corrected chi connectivity index (χ4v) is 3.31. The minimum atomic E-state index is 0. The van der Waals surface area contributed by atoms with Crippen LogP contribution in [0.1, 0.15) is 43.6 Å². The van der Waals surface area contributed by atoms with Crippen LogP contribution >= 0.6 is 12.4 Å². The summed E-state index contributed by atoms with van der Waals surface area (Å²) in [5, 5.41) is 0. The van der Waals surface area contributed by atoms with Crippen molar-refractivity contribution in [3.8, 4) is 0 Å². The number of halogens is 1. The summed E-state index contributed by atoms with van der Waals surface area (Å²) < 4.78 is 2.27. The molecule has 0 saturated heterocycles. The normalized spacial score (nSPS) is 12.2. The molecule has 1 aromatic heterocycles. The lowest BCUT2D eigenvalue weighted by molar-refractivity contribution is 0.646. The molecule has 0 bridgehead atoms. The van der Waals surface area contributed by atoms with Crippen LogP contribution in [0.3, 0.4) is 0 Å². The molecule has 1 heterocycles. The second kappa shape index (κ2) is 8.35.